The number of nitrogens with one attached hydrogen (secondary N) is 1. The Labute approximate surface area is 225 Å². The summed E-state index contributed by atoms with van der Waals surface area (Å²) in [5.74, 6) is 0.531. The summed E-state index contributed by atoms with van der Waals surface area (Å²) < 4.78 is 41.4. The molecule has 0 spiro atoms. The van der Waals surface area contributed by atoms with Crippen molar-refractivity contribution >= 4 is 33.8 Å². The zero-order chi connectivity index (χ0) is 27.0. The third-order valence-electron chi connectivity index (χ3n) is 5.21. The molecule has 0 aliphatic heterocycles. The largest absolute Gasteiger partial charge is 0.493 e. The van der Waals surface area contributed by atoms with Gasteiger partial charge >= 0.3 is 10.1 Å². The minimum atomic E-state index is -4.04. The second-order valence-electron chi connectivity index (χ2n) is 7.90. The number of carbonyl (C=O) groups is 1. The van der Waals surface area contributed by atoms with Gasteiger partial charge in [-0.3, -0.25) is 4.79 Å². The van der Waals surface area contributed by atoms with Crippen LogP contribution >= 0.6 is 11.6 Å². The minimum Gasteiger partial charge on any atom is -0.493 e. The molecule has 38 heavy (non-hydrogen) atoms. The van der Waals surface area contributed by atoms with Crippen LogP contribution in [0.15, 0.2) is 107 Å². The third kappa shape index (κ3) is 7.12. The molecule has 0 bridgehead atoms. The standard InChI is InChI=1S/C28H23ClN2O6S/c1-35-27-17-22(10-15-26(27)36-19-20-6-3-2-4-7-20)28(32)31-30-18-21-8-5-9-24(16-21)37-38(33,34)25-13-11-23(29)12-14-25/h2-18H,19H2,1H3,(H,31,32)/b30-18+. The first kappa shape index (κ1) is 26.7. The monoisotopic (exact) mass is 550 g/mol. The molecule has 0 saturated carbocycles. The number of hydrogen-bond donors (Lipinski definition) is 1. The van der Waals surface area contributed by atoms with Crippen LogP contribution in [-0.2, 0) is 16.7 Å². The Morgan fingerprint density at radius 3 is 2.42 bits per heavy atom. The highest BCUT2D eigenvalue weighted by molar-refractivity contribution is 7.87. The topological polar surface area (TPSA) is 103 Å². The maximum Gasteiger partial charge on any atom is 0.339 e. The Balaban J connectivity index is 1.38. The smallest absolute Gasteiger partial charge is 0.339 e. The molecule has 0 aliphatic carbocycles. The SMILES string of the molecule is COc1cc(C(=O)N/N=C/c2cccc(OS(=O)(=O)c3ccc(Cl)cc3)c2)ccc1OCc1ccccc1. The van der Waals surface area contributed by atoms with Crippen molar-refractivity contribution in [3.63, 3.8) is 0 Å². The average Bonchev–Trinajstić information content (AvgIpc) is 2.92. The molecule has 1 amide bonds. The summed E-state index contributed by atoms with van der Waals surface area (Å²) in [6.45, 7) is 0.358. The molecule has 8 nitrogen and oxygen atoms in total. The fourth-order valence-corrected chi connectivity index (χ4v) is 4.36. The molecule has 194 valence electrons. The van der Waals surface area contributed by atoms with Gasteiger partial charge in [0.05, 0.1) is 13.3 Å². The molecule has 0 saturated heterocycles. The van der Waals surface area contributed by atoms with Crippen LogP contribution in [0.5, 0.6) is 17.2 Å². The van der Waals surface area contributed by atoms with Gasteiger partial charge in [0, 0.05) is 10.6 Å². The zero-order valence-electron chi connectivity index (χ0n) is 20.2. The van der Waals surface area contributed by atoms with Crippen LogP contribution in [0.1, 0.15) is 21.5 Å². The van der Waals surface area contributed by atoms with Crippen molar-refractivity contribution in [1.29, 1.82) is 0 Å². The fraction of sp³-hybridized carbons (Fsp3) is 0.0714. The molecule has 4 rings (SSSR count). The Bertz CT molecular complexity index is 1540. The Morgan fingerprint density at radius 2 is 1.68 bits per heavy atom. The number of nitrogens with zero attached hydrogens (tertiary/aromatic N) is 1. The number of carbonyl (C=O) groups excluding carboxylic acids is 1. The molecule has 0 aliphatic rings. The van der Waals surface area contributed by atoms with Gasteiger partial charge in [0.25, 0.3) is 5.91 Å². The van der Waals surface area contributed by atoms with Crippen LogP contribution in [-0.4, -0.2) is 27.6 Å². The number of rotatable bonds is 10. The molecular weight excluding hydrogens is 528 g/mol. The summed E-state index contributed by atoms with van der Waals surface area (Å²) in [7, 11) is -2.55. The number of hydrogen-bond acceptors (Lipinski definition) is 7. The van der Waals surface area contributed by atoms with E-state index in [1.165, 1.54) is 49.7 Å². The molecule has 10 heteroatoms. The van der Waals surface area contributed by atoms with E-state index in [2.05, 4.69) is 10.5 Å². The summed E-state index contributed by atoms with van der Waals surface area (Å²) in [6, 6.07) is 26.4. The van der Waals surface area contributed by atoms with Gasteiger partial charge < -0.3 is 13.7 Å². The molecule has 4 aromatic carbocycles. The van der Waals surface area contributed by atoms with Crippen LogP contribution in [0.3, 0.4) is 0 Å². The molecule has 0 radical (unpaired) electrons. The van der Waals surface area contributed by atoms with Crippen molar-refractivity contribution in [3.8, 4) is 17.2 Å². The van der Waals surface area contributed by atoms with Crippen molar-refractivity contribution in [3.05, 3.63) is 119 Å². The first-order valence-electron chi connectivity index (χ1n) is 11.3. The highest BCUT2D eigenvalue weighted by Gasteiger charge is 2.16. The molecule has 0 atom stereocenters. The third-order valence-corrected chi connectivity index (χ3v) is 6.72. The van der Waals surface area contributed by atoms with Crippen LogP contribution in [0.4, 0.5) is 0 Å². The van der Waals surface area contributed by atoms with E-state index in [-0.39, 0.29) is 10.6 Å². The van der Waals surface area contributed by atoms with Gasteiger partial charge in [-0.25, -0.2) is 5.43 Å². The number of benzene rings is 4. The molecule has 1 N–H and O–H groups in total. The second-order valence-corrected chi connectivity index (χ2v) is 9.89. The highest BCUT2D eigenvalue weighted by atomic mass is 35.5. The van der Waals surface area contributed by atoms with Gasteiger partial charge in [-0.1, -0.05) is 54.1 Å². The number of amides is 1. The van der Waals surface area contributed by atoms with Crippen molar-refractivity contribution in [2.24, 2.45) is 5.10 Å². The molecule has 0 fully saturated rings. The average molecular weight is 551 g/mol. The van der Waals surface area contributed by atoms with Gasteiger partial charge in [0.15, 0.2) is 11.5 Å². The predicted molar refractivity (Wildman–Crippen MR) is 145 cm³/mol. The van der Waals surface area contributed by atoms with Gasteiger partial charge in [0.1, 0.15) is 17.3 Å². The maximum atomic E-state index is 12.6. The van der Waals surface area contributed by atoms with E-state index in [0.717, 1.165) is 5.56 Å². The van der Waals surface area contributed by atoms with E-state index in [9.17, 15) is 13.2 Å². The number of halogens is 1. The van der Waals surface area contributed by atoms with E-state index in [0.29, 0.717) is 34.3 Å². The summed E-state index contributed by atoms with van der Waals surface area (Å²) >= 11 is 5.82. The summed E-state index contributed by atoms with van der Waals surface area (Å²) in [5, 5.41) is 4.37. The van der Waals surface area contributed by atoms with E-state index in [1.807, 2.05) is 30.3 Å². The molecular formula is C28H23ClN2O6S. The van der Waals surface area contributed by atoms with Crippen LogP contribution in [0.2, 0.25) is 5.02 Å². The van der Waals surface area contributed by atoms with E-state index in [1.54, 1.807) is 30.3 Å². The lowest BCUT2D eigenvalue weighted by atomic mass is 10.2. The van der Waals surface area contributed by atoms with Gasteiger partial charge in [-0.05, 0) is 65.7 Å². The lowest BCUT2D eigenvalue weighted by Crippen LogP contribution is -2.17. The van der Waals surface area contributed by atoms with Gasteiger partial charge in [-0.2, -0.15) is 13.5 Å². The van der Waals surface area contributed by atoms with Crippen molar-refractivity contribution < 1.29 is 26.9 Å². The molecule has 0 aromatic heterocycles. The first-order valence-corrected chi connectivity index (χ1v) is 13.1. The maximum absolute atomic E-state index is 12.6. The number of ether oxygens (including phenoxy) is 2. The summed E-state index contributed by atoms with van der Waals surface area (Å²) in [6.07, 6.45) is 1.37. The lowest BCUT2D eigenvalue weighted by molar-refractivity contribution is 0.0954. The molecule has 4 aromatic rings. The van der Waals surface area contributed by atoms with Crippen molar-refractivity contribution in [1.82, 2.24) is 5.43 Å². The number of methoxy groups -OCH3 is 1. The fourth-order valence-electron chi connectivity index (χ4n) is 3.32. The van der Waals surface area contributed by atoms with Crippen LogP contribution in [0, 0.1) is 0 Å². The quantitative estimate of drug-likeness (QED) is 0.160. The van der Waals surface area contributed by atoms with Gasteiger partial charge in [-0.15, -0.1) is 0 Å². The Kier molecular flexibility index (Phi) is 8.62. The summed E-state index contributed by atoms with van der Waals surface area (Å²) in [5.41, 5.74) is 4.27. The lowest BCUT2D eigenvalue weighted by Gasteiger charge is -2.12. The molecule has 0 heterocycles. The second kappa shape index (κ2) is 12.3. The van der Waals surface area contributed by atoms with Crippen LogP contribution < -0.4 is 19.1 Å². The van der Waals surface area contributed by atoms with E-state index >= 15 is 0 Å². The highest BCUT2D eigenvalue weighted by Crippen LogP contribution is 2.29. The molecule has 0 unspecified atom stereocenters. The number of hydrazone groups is 1. The first-order chi connectivity index (χ1) is 18.3. The Morgan fingerprint density at radius 1 is 0.921 bits per heavy atom. The van der Waals surface area contributed by atoms with Crippen LogP contribution in [0.25, 0.3) is 0 Å². The zero-order valence-corrected chi connectivity index (χ0v) is 21.8. The van der Waals surface area contributed by atoms with Crippen molar-refractivity contribution in [2.45, 2.75) is 11.5 Å². The predicted octanol–water partition coefficient (Wildman–Crippen LogP) is 5.46. The Hall–Kier alpha value is -4.34. The van der Waals surface area contributed by atoms with Crippen molar-refractivity contribution in [2.75, 3.05) is 7.11 Å². The van der Waals surface area contributed by atoms with Gasteiger partial charge in [0.2, 0.25) is 0 Å². The van der Waals surface area contributed by atoms with E-state index < -0.39 is 16.0 Å². The van der Waals surface area contributed by atoms with E-state index in [4.69, 9.17) is 25.3 Å². The summed E-state index contributed by atoms with van der Waals surface area (Å²) in [4.78, 5) is 12.6. The minimum absolute atomic E-state index is 0.0276. The normalized spacial score (nSPS) is 11.2.